The van der Waals surface area contributed by atoms with Crippen molar-refractivity contribution in [1.82, 2.24) is 4.90 Å². The van der Waals surface area contributed by atoms with Crippen LogP contribution in [0.1, 0.15) is 137 Å². The van der Waals surface area contributed by atoms with E-state index in [0.29, 0.717) is 17.7 Å². The smallest absolute Gasteiger partial charge is 0.222 e. The highest BCUT2D eigenvalue weighted by atomic mass is 16.2. The normalized spacial score (nSPS) is 13.5. The largest absolute Gasteiger partial charge is 0.342 e. The van der Waals surface area contributed by atoms with Crippen LogP contribution in [0.4, 0.5) is 0 Å². The van der Waals surface area contributed by atoms with Crippen LogP contribution in [0.5, 0.6) is 0 Å². The molecule has 2 unspecified atom stereocenters. The summed E-state index contributed by atoms with van der Waals surface area (Å²) >= 11 is 0. The standard InChI is InChI=1S/C26H53NO/c1-6-11-14-15-16-17-18-21-26(28)27(22-24(9-4)19-12-7-2)23-25(10-5)20-13-8-3/h24-25H,6-23H2,1-5H3. The Hall–Kier alpha value is -0.530. The number of nitrogens with zero attached hydrogens (tertiary/aromatic N) is 1. The SMILES string of the molecule is CCCCCCCCCC(=O)N(CC(CC)CCCC)CC(CC)CCCC. The zero-order valence-corrected chi connectivity index (χ0v) is 20.2. The summed E-state index contributed by atoms with van der Waals surface area (Å²) in [6, 6.07) is 0. The number of unbranched alkanes of at least 4 members (excludes halogenated alkanes) is 8. The molecule has 0 saturated carbocycles. The minimum atomic E-state index is 0.429. The minimum absolute atomic E-state index is 0.429. The first-order valence-corrected chi connectivity index (χ1v) is 12.9. The van der Waals surface area contributed by atoms with Crippen molar-refractivity contribution in [3.63, 3.8) is 0 Å². The molecule has 0 spiro atoms. The van der Waals surface area contributed by atoms with Crippen LogP contribution in [0.2, 0.25) is 0 Å². The summed E-state index contributed by atoms with van der Waals surface area (Å²) < 4.78 is 0. The Labute approximate surface area is 178 Å². The molecule has 1 amide bonds. The average molecular weight is 396 g/mol. The van der Waals surface area contributed by atoms with Gasteiger partial charge in [0.05, 0.1) is 0 Å². The Morgan fingerprint density at radius 1 is 0.607 bits per heavy atom. The fraction of sp³-hybridized carbons (Fsp3) is 0.962. The van der Waals surface area contributed by atoms with Crippen molar-refractivity contribution in [2.75, 3.05) is 13.1 Å². The number of hydrogen-bond acceptors (Lipinski definition) is 1. The number of rotatable bonds is 20. The highest BCUT2D eigenvalue weighted by Crippen LogP contribution is 2.20. The second-order valence-corrected chi connectivity index (χ2v) is 9.00. The van der Waals surface area contributed by atoms with Crippen LogP contribution in [0.25, 0.3) is 0 Å². The van der Waals surface area contributed by atoms with Gasteiger partial charge in [-0.2, -0.15) is 0 Å². The molecule has 0 bridgehead atoms. The quantitative estimate of drug-likeness (QED) is 0.189. The molecule has 0 rings (SSSR count). The third kappa shape index (κ3) is 14.5. The van der Waals surface area contributed by atoms with Gasteiger partial charge in [-0.15, -0.1) is 0 Å². The summed E-state index contributed by atoms with van der Waals surface area (Å²) in [6.07, 6.45) is 19.8. The molecule has 0 N–H and O–H groups in total. The number of amides is 1. The topological polar surface area (TPSA) is 20.3 Å². The molecule has 0 fully saturated rings. The molecular weight excluding hydrogens is 342 g/mol. The Morgan fingerprint density at radius 2 is 1.04 bits per heavy atom. The Bertz CT molecular complexity index is 323. The van der Waals surface area contributed by atoms with Gasteiger partial charge in [0.2, 0.25) is 5.91 Å². The molecule has 2 nitrogen and oxygen atoms in total. The molecule has 0 aromatic heterocycles. The summed E-state index contributed by atoms with van der Waals surface area (Å²) in [4.78, 5) is 15.3. The Balaban J connectivity index is 4.59. The van der Waals surface area contributed by atoms with Gasteiger partial charge >= 0.3 is 0 Å². The Morgan fingerprint density at radius 3 is 1.46 bits per heavy atom. The molecule has 0 radical (unpaired) electrons. The van der Waals surface area contributed by atoms with Gasteiger partial charge in [0.25, 0.3) is 0 Å². The maximum atomic E-state index is 13.1. The molecule has 2 heteroatoms. The first-order chi connectivity index (χ1) is 13.6. The molecule has 0 saturated heterocycles. The lowest BCUT2D eigenvalue weighted by Crippen LogP contribution is -2.38. The van der Waals surface area contributed by atoms with E-state index in [0.717, 1.165) is 25.9 Å². The van der Waals surface area contributed by atoms with E-state index in [9.17, 15) is 4.79 Å². The zero-order chi connectivity index (χ0) is 21.0. The van der Waals surface area contributed by atoms with E-state index in [4.69, 9.17) is 0 Å². The van der Waals surface area contributed by atoms with Crippen molar-refractivity contribution in [3.05, 3.63) is 0 Å². The van der Waals surface area contributed by atoms with Crippen LogP contribution in [0.3, 0.4) is 0 Å². The van der Waals surface area contributed by atoms with Gasteiger partial charge in [-0.25, -0.2) is 0 Å². The molecule has 2 atom stereocenters. The van der Waals surface area contributed by atoms with Gasteiger partial charge in [0, 0.05) is 19.5 Å². The fourth-order valence-electron chi connectivity index (χ4n) is 4.13. The summed E-state index contributed by atoms with van der Waals surface area (Å²) in [6.45, 7) is 13.4. The van der Waals surface area contributed by atoms with Gasteiger partial charge in [-0.05, 0) is 31.1 Å². The number of carbonyl (C=O) groups is 1. The third-order valence-corrected chi connectivity index (χ3v) is 6.39. The van der Waals surface area contributed by atoms with Gasteiger partial charge in [0.1, 0.15) is 0 Å². The summed E-state index contributed by atoms with van der Waals surface area (Å²) in [5.74, 6) is 1.79. The number of carbonyl (C=O) groups excluding carboxylic acids is 1. The summed E-state index contributed by atoms with van der Waals surface area (Å²) in [5.41, 5.74) is 0. The van der Waals surface area contributed by atoms with E-state index < -0.39 is 0 Å². The lowest BCUT2D eigenvalue weighted by Gasteiger charge is -2.31. The number of hydrogen-bond donors (Lipinski definition) is 0. The van der Waals surface area contributed by atoms with Crippen molar-refractivity contribution in [3.8, 4) is 0 Å². The van der Waals surface area contributed by atoms with E-state index >= 15 is 0 Å². The first kappa shape index (κ1) is 27.5. The second-order valence-electron chi connectivity index (χ2n) is 9.00. The van der Waals surface area contributed by atoms with Crippen LogP contribution in [-0.4, -0.2) is 23.9 Å². The molecule has 28 heavy (non-hydrogen) atoms. The molecule has 0 aliphatic heterocycles. The lowest BCUT2D eigenvalue weighted by molar-refractivity contribution is -0.132. The van der Waals surface area contributed by atoms with E-state index in [1.54, 1.807) is 0 Å². The van der Waals surface area contributed by atoms with Gasteiger partial charge in [-0.1, -0.05) is 112 Å². The van der Waals surface area contributed by atoms with Crippen molar-refractivity contribution in [2.24, 2.45) is 11.8 Å². The van der Waals surface area contributed by atoms with Crippen LogP contribution < -0.4 is 0 Å². The molecule has 168 valence electrons. The van der Waals surface area contributed by atoms with E-state index in [1.165, 1.54) is 89.9 Å². The van der Waals surface area contributed by atoms with Crippen LogP contribution >= 0.6 is 0 Å². The van der Waals surface area contributed by atoms with Gasteiger partial charge < -0.3 is 4.90 Å². The van der Waals surface area contributed by atoms with E-state index in [1.807, 2.05) is 0 Å². The molecular formula is C26H53NO. The third-order valence-electron chi connectivity index (χ3n) is 6.39. The highest BCUT2D eigenvalue weighted by molar-refractivity contribution is 5.76. The predicted molar refractivity (Wildman–Crippen MR) is 126 cm³/mol. The highest BCUT2D eigenvalue weighted by Gasteiger charge is 2.21. The molecule has 0 aliphatic carbocycles. The lowest BCUT2D eigenvalue weighted by atomic mass is 9.95. The average Bonchev–Trinajstić information content (AvgIpc) is 2.71. The van der Waals surface area contributed by atoms with Gasteiger partial charge in [0.15, 0.2) is 0 Å². The molecule has 0 aromatic carbocycles. The molecule has 0 aromatic rings. The molecule has 0 aliphatic rings. The maximum absolute atomic E-state index is 13.1. The summed E-state index contributed by atoms with van der Waals surface area (Å²) in [7, 11) is 0. The van der Waals surface area contributed by atoms with Crippen molar-refractivity contribution in [2.45, 2.75) is 137 Å². The second kappa shape index (κ2) is 19.8. The van der Waals surface area contributed by atoms with Crippen LogP contribution in [0.15, 0.2) is 0 Å². The zero-order valence-electron chi connectivity index (χ0n) is 20.2. The van der Waals surface area contributed by atoms with Crippen LogP contribution in [0, 0.1) is 11.8 Å². The fourth-order valence-corrected chi connectivity index (χ4v) is 4.13. The Kier molecular flexibility index (Phi) is 19.4. The summed E-state index contributed by atoms with van der Waals surface area (Å²) in [5, 5.41) is 0. The maximum Gasteiger partial charge on any atom is 0.222 e. The van der Waals surface area contributed by atoms with E-state index in [2.05, 4.69) is 39.5 Å². The van der Waals surface area contributed by atoms with Crippen molar-refractivity contribution < 1.29 is 4.79 Å². The van der Waals surface area contributed by atoms with Crippen molar-refractivity contribution in [1.29, 1.82) is 0 Å². The minimum Gasteiger partial charge on any atom is -0.342 e. The first-order valence-electron chi connectivity index (χ1n) is 12.9. The monoisotopic (exact) mass is 395 g/mol. The van der Waals surface area contributed by atoms with Crippen molar-refractivity contribution >= 4 is 5.91 Å². The molecule has 0 heterocycles. The van der Waals surface area contributed by atoms with Crippen LogP contribution in [-0.2, 0) is 4.79 Å². The van der Waals surface area contributed by atoms with Gasteiger partial charge in [-0.3, -0.25) is 4.79 Å². The predicted octanol–water partition coefficient (Wildman–Crippen LogP) is 8.39. The van der Waals surface area contributed by atoms with E-state index in [-0.39, 0.29) is 0 Å².